The van der Waals surface area contributed by atoms with Gasteiger partial charge in [0.1, 0.15) is 11.5 Å². The van der Waals surface area contributed by atoms with Gasteiger partial charge >= 0.3 is 17.1 Å². The first-order chi connectivity index (χ1) is 23.8. The van der Waals surface area contributed by atoms with Crippen LogP contribution in [0.2, 0.25) is 24.2 Å². The van der Waals surface area contributed by atoms with Gasteiger partial charge in [-0.1, -0.05) is 69.4 Å². The van der Waals surface area contributed by atoms with Gasteiger partial charge in [0.05, 0.1) is 26.1 Å². The largest absolute Gasteiger partial charge is 0.494 e. The molecule has 0 saturated carbocycles. The Morgan fingerprint density at radius 1 is 0.460 bits per heavy atom. The zero-order valence-corrected chi connectivity index (χ0v) is 34.1. The highest BCUT2D eigenvalue weighted by Gasteiger charge is 2.28. The number of hydrogen-bond acceptors (Lipinski definition) is 10. The molecule has 14 heteroatoms. The van der Waals surface area contributed by atoms with Crippen LogP contribution in [0.15, 0.2) is 72.8 Å². The Hall–Kier alpha value is -2.33. The summed E-state index contributed by atoms with van der Waals surface area (Å²) in [6.45, 7) is 0.643. The molecule has 3 rings (SSSR count). The van der Waals surface area contributed by atoms with Gasteiger partial charge in [-0.05, 0) is 107 Å². The molecule has 0 amide bonds. The number of carbonyl (C=O) groups is 4. The maximum atomic E-state index is 12.8. The summed E-state index contributed by atoms with van der Waals surface area (Å²) in [5.41, 5.74) is 1.25. The third-order valence-electron chi connectivity index (χ3n) is 7.93. The first-order valence-corrected chi connectivity index (χ1v) is 24.2. The van der Waals surface area contributed by atoms with Crippen molar-refractivity contribution in [1.82, 2.24) is 0 Å². The highest BCUT2D eigenvalue weighted by molar-refractivity contribution is 14.1. The van der Waals surface area contributed by atoms with E-state index in [2.05, 4.69) is 45.2 Å². The van der Waals surface area contributed by atoms with E-state index < -0.39 is 28.7 Å². The molecule has 0 fully saturated rings. The summed E-state index contributed by atoms with van der Waals surface area (Å²) in [4.78, 5) is 91.5. The van der Waals surface area contributed by atoms with Crippen LogP contribution in [0.5, 0.6) is 11.5 Å². The van der Waals surface area contributed by atoms with Gasteiger partial charge in [-0.3, -0.25) is 19.2 Å². The number of Topliss-reactive ketones (excluding diaryl/α,β-unsaturated/α-hetero) is 4. The van der Waals surface area contributed by atoms with E-state index in [1.165, 1.54) is 24.3 Å². The Morgan fingerprint density at radius 3 is 1.00 bits per heavy atom. The molecule has 0 aliphatic heterocycles. The van der Waals surface area contributed by atoms with Gasteiger partial charge in [-0.25, -0.2) is 0 Å². The van der Waals surface area contributed by atoms with Gasteiger partial charge in [0.25, 0.3) is 0 Å². The van der Waals surface area contributed by atoms with Gasteiger partial charge in [-0.2, -0.15) is 0 Å². The smallest absolute Gasteiger partial charge is 0.332 e. The Kier molecular flexibility index (Phi) is 17.9. The molecule has 50 heavy (non-hydrogen) atoms. The molecule has 3 aromatic rings. The zero-order chi connectivity index (χ0) is 36.6. The van der Waals surface area contributed by atoms with Crippen molar-refractivity contribution in [2.45, 2.75) is 62.7 Å². The summed E-state index contributed by atoms with van der Waals surface area (Å²) >= 11 is 4.43. The predicted octanol–water partition coefficient (Wildman–Crippen LogP) is 6.64. The number of hydrogen-bond donors (Lipinski definition) is 4. The SMILES string of the molecule is O=C(CC(=O)c1ccc(C(=O)CC(=O)c2ccc(OCCC[Si](O)(O)CCCI)cc2)cc1)c1ccc(OCCC[Si](O)(O)CCCI)cc1. The van der Waals surface area contributed by atoms with Crippen molar-refractivity contribution in [3.05, 3.63) is 95.1 Å². The van der Waals surface area contributed by atoms with E-state index in [1.807, 2.05) is 0 Å². The molecule has 0 atom stereocenters. The van der Waals surface area contributed by atoms with Crippen LogP contribution in [0, 0.1) is 0 Å². The molecule has 10 nitrogen and oxygen atoms in total. The number of ketones is 4. The van der Waals surface area contributed by atoms with Gasteiger partial charge < -0.3 is 28.7 Å². The minimum atomic E-state index is -3.17. The monoisotopic (exact) mass is 946 g/mol. The lowest BCUT2D eigenvalue weighted by Gasteiger charge is -2.17. The van der Waals surface area contributed by atoms with E-state index in [4.69, 9.17) is 9.47 Å². The molecule has 0 aliphatic rings. The molecule has 0 saturated heterocycles. The second-order valence-corrected chi connectivity index (χ2v) is 20.2. The molecule has 4 N–H and O–H groups in total. The molecule has 0 unspecified atom stereocenters. The van der Waals surface area contributed by atoms with Crippen LogP contribution in [-0.2, 0) is 0 Å². The first-order valence-electron chi connectivity index (χ1n) is 16.5. The molecule has 0 heterocycles. The molecule has 0 aromatic heterocycles. The lowest BCUT2D eigenvalue weighted by molar-refractivity contribution is 0.0876. The maximum absolute atomic E-state index is 12.8. The molecular formula is C36H44I2O10Si2. The summed E-state index contributed by atoms with van der Waals surface area (Å²) in [5.74, 6) is -0.454. The fraction of sp³-hybridized carbons (Fsp3) is 0.389. The average molecular weight is 947 g/mol. The second kappa shape index (κ2) is 21.3. The Bertz CT molecular complexity index is 1430. The molecule has 0 spiro atoms. The second-order valence-electron chi connectivity index (χ2n) is 12.1. The van der Waals surface area contributed by atoms with E-state index in [-0.39, 0.29) is 35.5 Å². The zero-order valence-electron chi connectivity index (χ0n) is 27.8. The van der Waals surface area contributed by atoms with Crippen LogP contribution in [0.25, 0.3) is 0 Å². The third-order valence-corrected chi connectivity index (χ3v) is 14.1. The summed E-state index contributed by atoms with van der Waals surface area (Å²) in [7, 11) is -6.35. The first kappa shape index (κ1) is 42.1. The van der Waals surface area contributed by atoms with Crippen LogP contribution in [0.3, 0.4) is 0 Å². The number of carbonyl (C=O) groups excluding carboxylic acids is 4. The molecule has 0 bridgehead atoms. The number of alkyl halides is 2. The lowest BCUT2D eigenvalue weighted by atomic mass is 9.98. The topological polar surface area (TPSA) is 168 Å². The van der Waals surface area contributed by atoms with Crippen LogP contribution >= 0.6 is 45.2 Å². The van der Waals surface area contributed by atoms with E-state index in [0.717, 1.165) is 21.7 Å². The van der Waals surface area contributed by atoms with Crippen molar-refractivity contribution in [1.29, 1.82) is 0 Å². The molecule has 3 aromatic carbocycles. The average Bonchev–Trinajstić information content (AvgIpc) is 3.10. The highest BCUT2D eigenvalue weighted by Crippen LogP contribution is 2.20. The van der Waals surface area contributed by atoms with E-state index >= 15 is 0 Å². The van der Waals surface area contributed by atoms with Gasteiger partial charge in [0.2, 0.25) is 0 Å². The van der Waals surface area contributed by atoms with Crippen LogP contribution in [0.1, 0.15) is 80.0 Å². The summed E-state index contributed by atoms with van der Waals surface area (Å²) in [6.07, 6.45) is 1.89. The van der Waals surface area contributed by atoms with Gasteiger partial charge in [0.15, 0.2) is 23.1 Å². The number of halogens is 2. The normalized spacial score (nSPS) is 11.6. The van der Waals surface area contributed by atoms with Crippen molar-refractivity contribution in [3.63, 3.8) is 0 Å². The minimum Gasteiger partial charge on any atom is -0.494 e. The standard InChI is InChI=1S/C36H44I2O10Si2/c37-17-1-21-49(43,44)23-3-19-47-31-13-9-29(10-14-31)35(41)25-33(39)27-5-7-28(8-6-27)34(40)26-36(42)30-11-15-32(16-12-30)48-20-4-24-50(45,46)22-2-18-38/h5-16,43-46H,1-4,17-26H2. The fourth-order valence-electron chi connectivity index (χ4n) is 5.06. The number of benzene rings is 3. The Labute approximate surface area is 322 Å². The van der Waals surface area contributed by atoms with Crippen molar-refractivity contribution in [2.24, 2.45) is 0 Å². The van der Waals surface area contributed by atoms with Crippen molar-refractivity contribution >= 4 is 85.4 Å². The van der Waals surface area contributed by atoms with Gasteiger partial charge in [0, 0.05) is 22.3 Å². The van der Waals surface area contributed by atoms with Crippen molar-refractivity contribution in [2.75, 3.05) is 22.1 Å². The number of rotatable bonds is 24. The summed E-state index contributed by atoms with van der Waals surface area (Å²) in [6, 6.07) is 20.3. The van der Waals surface area contributed by atoms with Crippen LogP contribution in [-0.4, -0.2) is 81.5 Å². The van der Waals surface area contributed by atoms with E-state index in [1.54, 1.807) is 48.5 Å². The van der Waals surface area contributed by atoms with Crippen LogP contribution < -0.4 is 9.47 Å². The molecule has 0 aliphatic carbocycles. The lowest BCUT2D eigenvalue weighted by Crippen LogP contribution is -2.34. The van der Waals surface area contributed by atoms with Crippen molar-refractivity contribution < 1.29 is 47.8 Å². The number of ether oxygens (including phenoxy) is 2. The van der Waals surface area contributed by atoms with Crippen molar-refractivity contribution in [3.8, 4) is 11.5 Å². The van der Waals surface area contributed by atoms with Gasteiger partial charge in [-0.15, -0.1) is 0 Å². The third kappa shape index (κ3) is 15.1. The van der Waals surface area contributed by atoms with E-state index in [9.17, 15) is 38.4 Å². The molecular weight excluding hydrogens is 902 g/mol. The Balaban J connectivity index is 1.42. The fourth-order valence-corrected chi connectivity index (χ4v) is 10.7. The van der Waals surface area contributed by atoms with E-state index in [0.29, 0.717) is 72.9 Å². The summed E-state index contributed by atoms with van der Waals surface area (Å²) in [5, 5.41) is 0. The predicted molar refractivity (Wildman–Crippen MR) is 213 cm³/mol. The molecule has 0 radical (unpaired) electrons. The molecule has 270 valence electrons. The quantitative estimate of drug-likeness (QED) is 0.0191. The Morgan fingerprint density at radius 2 is 0.720 bits per heavy atom. The maximum Gasteiger partial charge on any atom is 0.332 e. The minimum absolute atomic E-state index is 0.272. The summed E-state index contributed by atoms with van der Waals surface area (Å²) < 4.78 is 13.1. The highest BCUT2D eigenvalue weighted by atomic mass is 127. The van der Waals surface area contributed by atoms with Crippen LogP contribution in [0.4, 0.5) is 0 Å².